The summed E-state index contributed by atoms with van der Waals surface area (Å²) in [6, 6.07) is 0. The molecule has 0 aromatic rings. The normalized spacial score (nSPS) is 11.6. The molecule has 1 N–H and O–H groups in total. The van der Waals surface area contributed by atoms with Crippen molar-refractivity contribution in [1.29, 1.82) is 0 Å². The topological polar surface area (TPSA) is 41.5 Å². The van der Waals surface area contributed by atoms with Crippen molar-refractivity contribution in [3.8, 4) is 0 Å². The van der Waals surface area contributed by atoms with Crippen molar-refractivity contribution in [3.05, 3.63) is 24.6 Å². The van der Waals surface area contributed by atoms with Gasteiger partial charge in [0.2, 0.25) is 5.91 Å². The maximum Gasteiger partial charge on any atom is 0.222 e. The summed E-state index contributed by atoms with van der Waals surface area (Å²) in [7, 11) is 0. The Morgan fingerprint density at radius 3 is 2.64 bits per heavy atom. The van der Waals surface area contributed by atoms with Crippen LogP contribution in [0.5, 0.6) is 0 Å². The quantitative estimate of drug-likeness (QED) is 0.479. The Kier molecular flexibility index (Phi) is 4.73. The molecule has 0 saturated heterocycles. The van der Waals surface area contributed by atoms with Gasteiger partial charge in [-0.3, -0.25) is 4.79 Å². The maximum absolute atomic E-state index is 10.5. The Balaban J connectivity index is 4.22. The molecule has 0 rings (SSSR count). The van der Waals surface area contributed by atoms with Crippen LogP contribution in [-0.4, -0.2) is 12.1 Å². The first-order chi connectivity index (χ1) is 5.20. The summed E-state index contributed by atoms with van der Waals surface area (Å²) < 4.78 is 0. The predicted octanol–water partition coefficient (Wildman–Crippen LogP) is 1.24. The molecular weight excluding hydrogens is 140 g/mol. The summed E-state index contributed by atoms with van der Waals surface area (Å²) in [5.74, 6) is 0.374. The van der Waals surface area contributed by atoms with Crippen molar-refractivity contribution in [3.63, 3.8) is 0 Å². The molecule has 1 amide bonds. The lowest BCUT2D eigenvalue weighted by atomic mass is 10.5. The first-order valence-electron chi connectivity index (χ1n) is 3.29. The van der Waals surface area contributed by atoms with Gasteiger partial charge in [0.15, 0.2) is 0 Å². The van der Waals surface area contributed by atoms with Crippen LogP contribution >= 0.6 is 0 Å². The van der Waals surface area contributed by atoms with Gasteiger partial charge in [0, 0.05) is 13.1 Å². The zero-order valence-corrected chi connectivity index (χ0v) is 6.79. The van der Waals surface area contributed by atoms with Crippen LogP contribution in [0.1, 0.15) is 13.8 Å². The lowest BCUT2D eigenvalue weighted by Crippen LogP contribution is -2.17. The Morgan fingerprint density at radius 1 is 1.64 bits per heavy atom. The van der Waals surface area contributed by atoms with E-state index in [-0.39, 0.29) is 5.91 Å². The number of aliphatic imine (C=N–C) groups is 1. The van der Waals surface area contributed by atoms with Gasteiger partial charge in [0.05, 0.1) is 0 Å². The summed E-state index contributed by atoms with van der Waals surface area (Å²) in [6.45, 7) is 6.70. The van der Waals surface area contributed by atoms with E-state index in [4.69, 9.17) is 0 Å². The molecule has 11 heavy (non-hydrogen) atoms. The average molecular weight is 152 g/mol. The number of amides is 1. The van der Waals surface area contributed by atoms with Gasteiger partial charge in [0.25, 0.3) is 0 Å². The number of carbonyl (C=O) groups excluding carboxylic acids is 1. The van der Waals surface area contributed by atoms with E-state index in [1.54, 1.807) is 25.3 Å². The van der Waals surface area contributed by atoms with E-state index < -0.39 is 0 Å². The Hall–Kier alpha value is -1.38. The average Bonchev–Trinajstić information content (AvgIpc) is 1.87. The van der Waals surface area contributed by atoms with Crippen LogP contribution in [0.25, 0.3) is 0 Å². The monoisotopic (exact) mass is 152 g/mol. The van der Waals surface area contributed by atoms with Gasteiger partial charge in [-0.05, 0) is 13.0 Å². The molecule has 0 saturated carbocycles. The Bertz CT molecular complexity index is 204. The molecule has 0 aliphatic heterocycles. The zero-order valence-electron chi connectivity index (χ0n) is 6.79. The summed E-state index contributed by atoms with van der Waals surface area (Å²) in [5, 5.41) is 2.53. The van der Waals surface area contributed by atoms with Gasteiger partial charge in [-0.15, -0.1) is 0 Å². The van der Waals surface area contributed by atoms with E-state index in [2.05, 4.69) is 16.9 Å². The third kappa shape index (κ3) is 5.08. The van der Waals surface area contributed by atoms with Crippen LogP contribution in [0.4, 0.5) is 0 Å². The summed E-state index contributed by atoms with van der Waals surface area (Å²) in [4.78, 5) is 14.4. The predicted molar refractivity (Wildman–Crippen MR) is 46.3 cm³/mol. The third-order valence-electron chi connectivity index (χ3n) is 0.848. The summed E-state index contributed by atoms with van der Waals surface area (Å²) in [6.07, 6.45) is 4.80. The molecule has 3 heteroatoms. The second-order valence-electron chi connectivity index (χ2n) is 1.86. The summed E-state index contributed by atoms with van der Waals surface area (Å²) in [5.41, 5.74) is 0. The lowest BCUT2D eigenvalue weighted by Gasteiger charge is -1.98. The number of hydrogen-bond donors (Lipinski definition) is 1. The van der Waals surface area contributed by atoms with E-state index >= 15 is 0 Å². The van der Waals surface area contributed by atoms with E-state index in [1.807, 2.05) is 0 Å². The first-order valence-corrected chi connectivity index (χ1v) is 3.29. The number of rotatable bonds is 3. The Morgan fingerprint density at radius 2 is 2.27 bits per heavy atom. The van der Waals surface area contributed by atoms with Gasteiger partial charge in [-0.25, -0.2) is 4.99 Å². The molecule has 3 nitrogen and oxygen atoms in total. The number of allylic oxidation sites excluding steroid dienone is 2. The molecule has 0 heterocycles. The van der Waals surface area contributed by atoms with Crippen molar-refractivity contribution >= 4 is 12.1 Å². The molecular formula is C8H12N2O. The fourth-order valence-corrected chi connectivity index (χ4v) is 0.548. The second kappa shape index (κ2) is 5.41. The van der Waals surface area contributed by atoms with Gasteiger partial charge in [-0.1, -0.05) is 12.7 Å². The molecule has 0 aromatic heterocycles. The SMILES string of the molecule is C=C/C=C(\N=C/C)NC(C)=O. The molecule has 60 valence electrons. The van der Waals surface area contributed by atoms with Crippen molar-refractivity contribution in [1.82, 2.24) is 5.32 Å². The van der Waals surface area contributed by atoms with Crippen LogP contribution < -0.4 is 5.32 Å². The highest BCUT2D eigenvalue weighted by Crippen LogP contribution is 1.90. The third-order valence-corrected chi connectivity index (χ3v) is 0.848. The molecule has 0 radical (unpaired) electrons. The van der Waals surface area contributed by atoms with Crippen molar-refractivity contribution in [2.24, 2.45) is 4.99 Å². The highest BCUT2D eigenvalue weighted by molar-refractivity contribution is 5.75. The molecule has 0 unspecified atom stereocenters. The second-order valence-corrected chi connectivity index (χ2v) is 1.86. The minimum absolute atomic E-state index is 0.135. The standard InChI is InChI=1S/C8H12N2O/c1-4-6-8(9-5-2)10-7(3)11/h4-6H,1H2,2-3H3,(H,10,11)/b8-6+,9-5-. The van der Waals surface area contributed by atoms with Crippen molar-refractivity contribution < 1.29 is 4.79 Å². The van der Waals surface area contributed by atoms with Crippen LogP contribution in [-0.2, 0) is 4.79 Å². The van der Waals surface area contributed by atoms with Gasteiger partial charge >= 0.3 is 0 Å². The fraction of sp³-hybridized carbons (Fsp3) is 0.250. The molecule has 0 fully saturated rings. The van der Waals surface area contributed by atoms with Crippen LogP contribution in [0, 0.1) is 0 Å². The smallest absolute Gasteiger partial charge is 0.222 e. The van der Waals surface area contributed by atoms with Gasteiger partial charge in [-0.2, -0.15) is 0 Å². The van der Waals surface area contributed by atoms with E-state index in [9.17, 15) is 4.79 Å². The van der Waals surface area contributed by atoms with E-state index in [0.717, 1.165) is 0 Å². The van der Waals surface area contributed by atoms with E-state index in [0.29, 0.717) is 5.82 Å². The summed E-state index contributed by atoms with van der Waals surface area (Å²) >= 11 is 0. The minimum Gasteiger partial charge on any atom is -0.311 e. The van der Waals surface area contributed by atoms with Crippen LogP contribution in [0.2, 0.25) is 0 Å². The molecule has 0 aromatic carbocycles. The van der Waals surface area contributed by atoms with Crippen molar-refractivity contribution in [2.45, 2.75) is 13.8 Å². The molecule has 0 aliphatic rings. The minimum atomic E-state index is -0.135. The number of nitrogens with one attached hydrogen (secondary N) is 1. The first kappa shape index (κ1) is 9.62. The zero-order chi connectivity index (χ0) is 8.69. The van der Waals surface area contributed by atoms with E-state index in [1.165, 1.54) is 6.92 Å². The number of nitrogens with zero attached hydrogens (tertiary/aromatic N) is 1. The maximum atomic E-state index is 10.5. The lowest BCUT2D eigenvalue weighted by molar-refractivity contribution is -0.118. The van der Waals surface area contributed by atoms with Gasteiger partial charge in [0.1, 0.15) is 5.82 Å². The number of carbonyl (C=O) groups is 1. The molecule has 0 spiro atoms. The molecule has 0 atom stereocenters. The van der Waals surface area contributed by atoms with Gasteiger partial charge < -0.3 is 5.32 Å². The molecule has 0 bridgehead atoms. The van der Waals surface area contributed by atoms with Crippen molar-refractivity contribution in [2.75, 3.05) is 0 Å². The van der Waals surface area contributed by atoms with Crippen LogP contribution in [0.15, 0.2) is 29.5 Å². The fourth-order valence-electron chi connectivity index (χ4n) is 0.548. The largest absolute Gasteiger partial charge is 0.311 e. The highest BCUT2D eigenvalue weighted by Gasteiger charge is 1.92. The highest BCUT2D eigenvalue weighted by atomic mass is 16.1. The molecule has 0 aliphatic carbocycles. The Labute approximate surface area is 66.5 Å². The number of hydrogen-bond acceptors (Lipinski definition) is 2. The van der Waals surface area contributed by atoms with Crippen LogP contribution in [0.3, 0.4) is 0 Å².